The van der Waals surface area contributed by atoms with Crippen molar-refractivity contribution < 1.29 is 9.13 Å². The smallest absolute Gasteiger partial charge is 0.131 e. The zero-order valence-corrected chi connectivity index (χ0v) is 15.7. The minimum Gasteiger partial charge on any atom is -0.488 e. The average Bonchev–Trinajstić information content (AvgIpc) is 3.07. The van der Waals surface area contributed by atoms with Crippen molar-refractivity contribution >= 4 is 27.5 Å². The van der Waals surface area contributed by atoms with Crippen molar-refractivity contribution in [3.05, 3.63) is 62.8 Å². The standard InChI is InChI=1S/C19H20BrClFNO/c20-14-8-9-19(13(10-14)11-23-15-4-1-2-5-15)24-12-16-17(21)6-3-7-18(16)22/h3,6-10,15,23H,1-2,4-5,11-12H2. The maximum Gasteiger partial charge on any atom is 0.131 e. The van der Waals surface area contributed by atoms with Gasteiger partial charge in [-0.3, -0.25) is 0 Å². The van der Waals surface area contributed by atoms with Crippen LogP contribution in [0.4, 0.5) is 4.39 Å². The lowest BCUT2D eigenvalue weighted by Gasteiger charge is -2.16. The van der Waals surface area contributed by atoms with E-state index in [1.165, 1.54) is 31.7 Å². The third-order valence-corrected chi connectivity index (χ3v) is 5.24. The van der Waals surface area contributed by atoms with Crippen LogP contribution in [0, 0.1) is 5.82 Å². The van der Waals surface area contributed by atoms with Crippen LogP contribution in [0.1, 0.15) is 36.8 Å². The first-order chi connectivity index (χ1) is 11.6. The summed E-state index contributed by atoms with van der Waals surface area (Å²) in [6.07, 6.45) is 5.06. The molecule has 2 aromatic rings. The number of halogens is 3. The molecule has 1 saturated carbocycles. The summed E-state index contributed by atoms with van der Waals surface area (Å²) in [5, 5.41) is 3.97. The van der Waals surface area contributed by atoms with E-state index in [0.717, 1.165) is 22.3 Å². The van der Waals surface area contributed by atoms with E-state index in [2.05, 4.69) is 21.2 Å². The highest BCUT2D eigenvalue weighted by atomic mass is 79.9. The highest BCUT2D eigenvalue weighted by Crippen LogP contribution is 2.27. The molecule has 128 valence electrons. The fourth-order valence-electron chi connectivity index (χ4n) is 3.03. The van der Waals surface area contributed by atoms with Crippen LogP contribution in [0.3, 0.4) is 0 Å². The Labute approximate surface area is 155 Å². The molecule has 1 aliphatic rings. The molecule has 2 aromatic carbocycles. The van der Waals surface area contributed by atoms with E-state index < -0.39 is 0 Å². The van der Waals surface area contributed by atoms with E-state index in [1.54, 1.807) is 12.1 Å². The van der Waals surface area contributed by atoms with Crippen molar-refractivity contribution in [2.24, 2.45) is 0 Å². The van der Waals surface area contributed by atoms with Crippen LogP contribution in [0.2, 0.25) is 5.02 Å². The molecule has 0 aliphatic heterocycles. The molecule has 0 bridgehead atoms. The first-order valence-electron chi connectivity index (χ1n) is 8.21. The van der Waals surface area contributed by atoms with Crippen LogP contribution in [-0.4, -0.2) is 6.04 Å². The van der Waals surface area contributed by atoms with Gasteiger partial charge in [-0.15, -0.1) is 0 Å². The molecule has 0 spiro atoms. The van der Waals surface area contributed by atoms with Gasteiger partial charge < -0.3 is 10.1 Å². The lowest BCUT2D eigenvalue weighted by Crippen LogP contribution is -2.25. The fraction of sp³-hybridized carbons (Fsp3) is 0.368. The molecule has 0 aromatic heterocycles. The number of benzene rings is 2. The van der Waals surface area contributed by atoms with Gasteiger partial charge in [0.25, 0.3) is 0 Å². The summed E-state index contributed by atoms with van der Waals surface area (Å²) in [7, 11) is 0. The Morgan fingerprint density at radius 3 is 2.75 bits per heavy atom. The molecular formula is C19H20BrClFNO. The molecule has 2 nitrogen and oxygen atoms in total. The van der Waals surface area contributed by atoms with Crippen LogP contribution < -0.4 is 10.1 Å². The minimum absolute atomic E-state index is 0.115. The Morgan fingerprint density at radius 1 is 1.21 bits per heavy atom. The summed E-state index contributed by atoms with van der Waals surface area (Å²) in [5.41, 5.74) is 1.44. The maximum atomic E-state index is 13.9. The Morgan fingerprint density at radius 2 is 2.00 bits per heavy atom. The zero-order valence-electron chi connectivity index (χ0n) is 13.3. The van der Waals surface area contributed by atoms with Gasteiger partial charge in [0.15, 0.2) is 0 Å². The molecular weight excluding hydrogens is 393 g/mol. The predicted molar refractivity (Wildman–Crippen MR) is 99.0 cm³/mol. The summed E-state index contributed by atoms with van der Waals surface area (Å²) in [6.45, 7) is 0.855. The number of hydrogen-bond acceptors (Lipinski definition) is 2. The Hall–Kier alpha value is -1.10. The summed E-state index contributed by atoms with van der Waals surface area (Å²) >= 11 is 9.57. The normalized spacial score (nSPS) is 15.0. The third-order valence-electron chi connectivity index (χ3n) is 4.39. The second-order valence-electron chi connectivity index (χ2n) is 6.10. The Kier molecular flexibility index (Phi) is 6.14. The number of rotatable bonds is 6. The topological polar surface area (TPSA) is 21.3 Å². The van der Waals surface area contributed by atoms with E-state index in [-0.39, 0.29) is 12.4 Å². The van der Waals surface area contributed by atoms with Gasteiger partial charge in [-0.25, -0.2) is 4.39 Å². The minimum atomic E-state index is -0.342. The molecule has 1 aliphatic carbocycles. The second kappa shape index (κ2) is 8.32. The van der Waals surface area contributed by atoms with Crippen LogP contribution in [-0.2, 0) is 13.2 Å². The van der Waals surface area contributed by atoms with Crippen LogP contribution in [0.5, 0.6) is 5.75 Å². The third kappa shape index (κ3) is 4.50. The van der Waals surface area contributed by atoms with Gasteiger partial charge >= 0.3 is 0 Å². The van der Waals surface area contributed by atoms with Crippen molar-refractivity contribution in [2.45, 2.75) is 44.9 Å². The number of ether oxygens (including phenoxy) is 1. The van der Waals surface area contributed by atoms with E-state index >= 15 is 0 Å². The SMILES string of the molecule is Fc1cccc(Cl)c1COc1ccc(Br)cc1CNC1CCCC1. The molecule has 0 unspecified atom stereocenters. The molecule has 0 amide bonds. The zero-order chi connectivity index (χ0) is 16.9. The summed E-state index contributed by atoms with van der Waals surface area (Å²) in [5.74, 6) is 0.410. The highest BCUT2D eigenvalue weighted by molar-refractivity contribution is 9.10. The van der Waals surface area contributed by atoms with Crippen molar-refractivity contribution in [2.75, 3.05) is 0 Å². The van der Waals surface area contributed by atoms with E-state index in [9.17, 15) is 4.39 Å². The van der Waals surface area contributed by atoms with Gasteiger partial charge in [0.05, 0.1) is 5.02 Å². The first kappa shape index (κ1) is 17.7. The van der Waals surface area contributed by atoms with Crippen LogP contribution in [0.15, 0.2) is 40.9 Å². The molecule has 0 radical (unpaired) electrons. The molecule has 5 heteroatoms. The molecule has 1 N–H and O–H groups in total. The van der Waals surface area contributed by atoms with Gasteiger partial charge in [0, 0.05) is 28.2 Å². The summed E-state index contributed by atoms with van der Waals surface area (Å²) in [4.78, 5) is 0. The molecule has 1 fully saturated rings. The fourth-order valence-corrected chi connectivity index (χ4v) is 3.66. The average molecular weight is 413 g/mol. The molecule has 24 heavy (non-hydrogen) atoms. The summed E-state index contributed by atoms with van der Waals surface area (Å²) < 4.78 is 20.8. The van der Waals surface area contributed by atoms with Crippen molar-refractivity contribution in [1.29, 1.82) is 0 Å². The van der Waals surface area contributed by atoms with Crippen LogP contribution >= 0.6 is 27.5 Å². The van der Waals surface area contributed by atoms with Gasteiger partial charge in [-0.2, -0.15) is 0 Å². The monoisotopic (exact) mass is 411 g/mol. The van der Waals surface area contributed by atoms with E-state index in [0.29, 0.717) is 16.6 Å². The molecule has 3 rings (SSSR count). The van der Waals surface area contributed by atoms with Gasteiger partial charge in [0.2, 0.25) is 0 Å². The van der Waals surface area contributed by atoms with Crippen molar-refractivity contribution in [3.8, 4) is 5.75 Å². The number of nitrogens with one attached hydrogen (secondary N) is 1. The lowest BCUT2D eigenvalue weighted by molar-refractivity contribution is 0.295. The Bertz CT molecular complexity index is 684. The maximum absolute atomic E-state index is 13.9. The largest absolute Gasteiger partial charge is 0.488 e. The van der Waals surface area contributed by atoms with E-state index in [1.807, 2.05) is 18.2 Å². The van der Waals surface area contributed by atoms with Gasteiger partial charge in [-0.05, 0) is 43.2 Å². The molecule has 0 atom stereocenters. The number of hydrogen-bond donors (Lipinski definition) is 1. The Balaban J connectivity index is 1.70. The predicted octanol–water partition coefficient (Wildman–Crippen LogP) is 5.85. The first-order valence-corrected chi connectivity index (χ1v) is 9.38. The van der Waals surface area contributed by atoms with Crippen molar-refractivity contribution in [1.82, 2.24) is 5.32 Å². The second-order valence-corrected chi connectivity index (χ2v) is 7.43. The summed E-state index contributed by atoms with van der Waals surface area (Å²) in [6, 6.07) is 11.1. The molecule has 0 heterocycles. The van der Waals surface area contributed by atoms with Gasteiger partial charge in [0.1, 0.15) is 18.2 Å². The van der Waals surface area contributed by atoms with Crippen LogP contribution in [0.25, 0.3) is 0 Å². The highest BCUT2D eigenvalue weighted by Gasteiger charge is 2.15. The van der Waals surface area contributed by atoms with Crippen molar-refractivity contribution in [3.63, 3.8) is 0 Å². The quantitative estimate of drug-likeness (QED) is 0.642. The van der Waals surface area contributed by atoms with E-state index in [4.69, 9.17) is 16.3 Å². The molecule has 0 saturated heterocycles. The lowest BCUT2D eigenvalue weighted by atomic mass is 10.1. The van der Waals surface area contributed by atoms with Gasteiger partial charge in [-0.1, -0.05) is 46.4 Å².